The van der Waals surface area contributed by atoms with E-state index >= 15 is 0 Å². The summed E-state index contributed by atoms with van der Waals surface area (Å²) in [4.78, 5) is 26.7. The van der Waals surface area contributed by atoms with Gasteiger partial charge < -0.3 is 16.0 Å². The third kappa shape index (κ3) is 4.65. The first-order chi connectivity index (χ1) is 11.1. The van der Waals surface area contributed by atoms with Gasteiger partial charge in [0.05, 0.1) is 0 Å². The number of halogens is 1. The van der Waals surface area contributed by atoms with Gasteiger partial charge in [-0.3, -0.25) is 9.59 Å². The summed E-state index contributed by atoms with van der Waals surface area (Å²) in [5.41, 5.74) is 7.20. The Morgan fingerprint density at radius 3 is 2.62 bits per heavy atom. The molecule has 2 aliphatic rings. The van der Waals surface area contributed by atoms with E-state index in [-0.39, 0.29) is 36.2 Å². The topological polar surface area (TPSA) is 75.4 Å². The Morgan fingerprint density at radius 1 is 1.21 bits per heavy atom. The SMILES string of the molecule is Cl.NC1CCC(C(=O)Nc2cccc(C(=O)N3CCSCC3)c2)C1. The Kier molecular flexibility index (Phi) is 6.95. The second kappa shape index (κ2) is 8.74. The van der Waals surface area contributed by atoms with Gasteiger partial charge >= 0.3 is 0 Å². The van der Waals surface area contributed by atoms with Crippen molar-refractivity contribution in [1.29, 1.82) is 0 Å². The fourth-order valence-corrected chi connectivity index (χ4v) is 4.08. The van der Waals surface area contributed by atoms with Gasteiger partial charge in [-0.1, -0.05) is 6.07 Å². The minimum atomic E-state index is -0.0107. The summed E-state index contributed by atoms with van der Waals surface area (Å²) < 4.78 is 0. The van der Waals surface area contributed by atoms with Crippen LogP contribution in [0, 0.1) is 5.92 Å². The monoisotopic (exact) mass is 369 g/mol. The average Bonchev–Trinajstić information content (AvgIpc) is 3.02. The lowest BCUT2D eigenvalue weighted by atomic mass is 10.1. The lowest BCUT2D eigenvalue weighted by molar-refractivity contribution is -0.119. The van der Waals surface area contributed by atoms with Gasteiger partial charge in [0.1, 0.15) is 0 Å². The third-order valence-corrected chi connectivity index (χ3v) is 5.46. The predicted octanol–water partition coefficient (Wildman–Crippen LogP) is 2.36. The zero-order valence-electron chi connectivity index (χ0n) is 13.6. The van der Waals surface area contributed by atoms with Crippen LogP contribution in [-0.4, -0.2) is 47.4 Å². The highest BCUT2D eigenvalue weighted by molar-refractivity contribution is 7.99. The van der Waals surface area contributed by atoms with Gasteiger partial charge in [-0.2, -0.15) is 11.8 Å². The van der Waals surface area contributed by atoms with E-state index in [4.69, 9.17) is 5.73 Å². The predicted molar refractivity (Wildman–Crippen MR) is 101 cm³/mol. The van der Waals surface area contributed by atoms with Gasteiger partial charge in [-0.05, 0) is 37.5 Å². The van der Waals surface area contributed by atoms with Crippen molar-refractivity contribution in [2.45, 2.75) is 25.3 Å². The molecule has 7 heteroatoms. The first-order valence-corrected chi connectivity index (χ1v) is 9.32. The van der Waals surface area contributed by atoms with Crippen molar-refractivity contribution in [3.63, 3.8) is 0 Å². The van der Waals surface area contributed by atoms with Crippen molar-refractivity contribution in [3.05, 3.63) is 29.8 Å². The third-order valence-electron chi connectivity index (χ3n) is 4.52. The maximum absolute atomic E-state index is 12.5. The molecule has 3 N–H and O–H groups in total. The lowest BCUT2D eigenvalue weighted by Gasteiger charge is -2.26. The molecular weight excluding hydrogens is 346 g/mol. The Labute approximate surface area is 153 Å². The van der Waals surface area contributed by atoms with Crippen molar-refractivity contribution in [1.82, 2.24) is 4.90 Å². The quantitative estimate of drug-likeness (QED) is 0.857. The standard InChI is InChI=1S/C17H23N3O2S.ClH/c18-14-5-4-12(10-14)16(21)19-15-3-1-2-13(11-15)17(22)20-6-8-23-9-7-20;/h1-3,11-12,14H,4-10,18H2,(H,19,21);1H. The number of benzene rings is 1. The summed E-state index contributed by atoms with van der Waals surface area (Å²) in [6, 6.07) is 7.37. The lowest BCUT2D eigenvalue weighted by Crippen LogP contribution is -2.37. The van der Waals surface area contributed by atoms with E-state index in [0.29, 0.717) is 11.3 Å². The molecule has 3 rings (SSSR count). The van der Waals surface area contributed by atoms with E-state index in [9.17, 15) is 9.59 Å². The van der Waals surface area contributed by atoms with E-state index in [2.05, 4.69) is 5.32 Å². The average molecular weight is 370 g/mol. The molecule has 2 amide bonds. The molecule has 2 unspecified atom stereocenters. The van der Waals surface area contributed by atoms with Crippen LogP contribution in [0.3, 0.4) is 0 Å². The Morgan fingerprint density at radius 2 is 1.96 bits per heavy atom. The number of carbonyl (C=O) groups is 2. The summed E-state index contributed by atoms with van der Waals surface area (Å²) >= 11 is 1.88. The van der Waals surface area contributed by atoms with Crippen LogP contribution in [-0.2, 0) is 4.79 Å². The van der Waals surface area contributed by atoms with Crippen molar-refractivity contribution in [2.24, 2.45) is 11.7 Å². The molecule has 132 valence electrons. The van der Waals surface area contributed by atoms with Crippen molar-refractivity contribution in [3.8, 4) is 0 Å². The van der Waals surface area contributed by atoms with Crippen LogP contribution in [0.25, 0.3) is 0 Å². The van der Waals surface area contributed by atoms with Crippen molar-refractivity contribution in [2.75, 3.05) is 29.9 Å². The molecule has 0 radical (unpaired) electrons. The summed E-state index contributed by atoms with van der Waals surface area (Å²) in [6.45, 7) is 1.58. The van der Waals surface area contributed by atoms with Crippen LogP contribution in [0.15, 0.2) is 24.3 Å². The van der Waals surface area contributed by atoms with Crippen LogP contribution in [0.2, 0.25) is 0 Å². The van der Waals surface area contributed by atoms with Gasteiger partial charge in [0, 0.05) is 47.8 Å². The molecule has 24 heavy (non-hydrogen) atoms. The molecule has 2 fully saturated rings. The van der Waals surface area contributed by atoms with E-state index in [1.54, 1.807) is 6.07 Å². The molecule has 0 aromatic heterocycles. The number of hydrogen-bond donors (Lipinski definition) is 2. The number of nitrogens with two attached hydrogens (primary N) is 1. The second-order valence-electron chi connectivity index (χ2n) is 6.24. The Hall–Kier alpha value is -1.24. The van der Waals surface area contributed by atoms with Crippen LogP contribution in [0.4, 0.5) is 5.69 Å². The molecule has 0 spiro atoms. The number of anilines is 1. The molecule has 5 nitrogen and oxygen atoms in total. The molecule has 1 aromatic carbocycles. The number of nitrogens with zero attached hydrogens (tertiary/aromatic N) is 1. The van der Waals surface area contributed by atoms with Crippen LogP contribution in [0.1, 0.15) is 29.6 Å². The molecule has 1 heterocycles. The highest BCUT2D eigenvalue weighted by Gasteiger charge is 2.28. The number of thioether (sulfide) groups is 1. The fraction of sp³-hybridized carbons (Fsp3) is 0.529. The van der Waals surface area contributed by atoms with E-state index in [1.165, 1.54) is 0 Å². The maximum atomic E-state index is 12.5. The number of nitrogens with one attached hydrogen (secondary N) is 1. The van der Waals surface area contributed by atoms with Crippen molar-refractivity contribution >= 4 is 41.7 Å². The molecule has 2 atom stereocenters. The summed E-state index contributed by atoms with van der Waals surface area (Å²) in [5, 5.41) is 2.93. The summed E-state index contributed by atoms with van der Waals surface area (Å²) in [5.74, 6) is 2.03. The van der Waals surface area contributed by atoms with Crippen LogP contribution < -0.4 is 11.1 Å². The zero-order valence-corrected chi connectivity index (χ0v) is 15.2. The van der Waals surface area contributed by atoms with Crippen LogP contribution in [0.5, 0.6) is 0 Å². The van der Waals surface area contributed by atoms with E-state index < -0.39 is 0 Å². The normalized spacial score (nSPS) is 23.5. The Bertz CT molecular complexity index is 593. The van der Waals surface area contributed by atoms with Gasteiger partial charge in [0.25, 0.3) is 5.91 Å². The number of carbonyl (C=O) groups excluding carboxylic acids is 2. The van der Waals surface area contributed by atoms with Gasteiger partial charge in [0.15, 0.2) is 0 Å². The first-order valence-electron chi connectivity index (χ1n) is 8.17. The highest BCUT2D eigenvalue weighted by atomic mass is 35.5. The zero-order chi connectivity index (χ0) is 16.2. The summed E-state index contributed by atoms with van der Waals surface area (Å²) in [7, 11) is 0. The number of amides is 2. The Balaban J connectivity index is 0.00000208. The molecular formula is C17H24ClN3O2S. The molecule has 1 aliphatic heterocycles. The fourth-order valence-electron chi connectivity index (χ4n) is 3.18. The molecule has 1 saturated carbocycles. The maximum Gasteiger partial charge on any atom is 0.253 e. The molecule has 1 saturated heterocycles. The minimum absolute atomic E-state index is 0. The summed E-state index contributed by atoms with van der Waals surface area (Å²) in [6.07, 6.45) is 2.50. The van der Waals surface area contributed by atoms with Gasteiger partial charge in [0.2, 0.25) is 5.91 Å². The molecule has 1 aliphatic carbocycles. The number of hydrogen-bond acceptors (Lipinski definition) is 4. The van der Waals surface area contributed by atoms with Gasteiger partial charge in [-0.15, -0.1) is 12.4 Å². The minimum Gasteiger partial charge on any atom is -0.337 e. The van der Waals surface area contributed by atoms with Crippen LogP contribution >= 0.6 is 24.2 Å². The molecule has 1 aromatic rings. The molecule has 0 bridgehead atoms. The smallest absolute Gasteiger partial charge is 0.253 e. The number of rotatable bonds is 3. The van der Waals surface area contributed by atoms with Crippen molar-refractivity contribution < 1.29 is 9.59 Å². The first kappa shape index (κ1) is 19.1. The van der Waals surface area contributed by atoms with E-state index in [1.807, 2.05) is 34.9 Å². The highest BCUT2D eigenvalue weighted by Crippen LogP contribution is 2.25. The van der Waals surface area contributed by atoms with E-state index in [0.717, 1.165) is 43.9 Å². The largest absolute Gasteiger partial charge is 0.337 e. The van der Waals surface area contributed by atoms with Gasteiger partial charge in [-0.25, -0.2) is 0 Å². The second-order valence-corrected chi connectivity index (χ2v) is 7.47.